The molecule has 9 N–H and O–H groups in total. The molecule has 9 heterocycles. The second-order valence-corrected chi connectivity index (χ2v) is 34.3. The monoisotopic (exact) mass is 2080 g/mol. The first-order chi connectivity index (χ1) is 63.9. The predicted molar refractivity (Wildman–Crippen MR) is 511 cm³/mol. The summed E-state index contributed by atoms with van der Waals surface area (Å²) in [6.07, 6.45) is 13.7. The minimum Gasteiger partial charge on any atom is -0.444 e. The molecule has 0 spiro atoms. The fourth-order valence-electron chi connectivity index (χ4n) is 13.7. The van der Waals surface area contributed by atoms with E-state index in [1.165, 1.54) is 31.1 Å². The Balaban J connectivity index is 0.000000356. The summed E-state index contributed by atoms with van der Waals surface area (Å²) in [6, 6.07) is 18.2. The van der Waals surface area contributed by atoms with Gasteiger partial charge in [0.05, 0.1) is 32.1 Å². The van der Waals surface area contributed by atoms with Gasteiger partial charge in [-0.1, -0.05) is 68.0 Å². The molecule has 5 aliphatic rings. The number of aryl methyl sites for hydroxylation is 2. The number of nitrogens with zero attached hydrogens (tertiary/aromatic N) is 4. The van der Waals surface area contributed by atoms with Crippen LogP contribution in [0.4, 0.5) is 14.4 Å². The van der Waals surface area contributed by atoms with Crippen LogP contribution >= 0.6 is 38.2 Å². The number of hydrogen-bond acceptors (Lipinski definition) is 28. The maximum atomic E-state index is 12.5. The van der Waals surface area contributed by atoms with Gasteiger partial charge in [-0.3, -0.25) is 77.9 Å². The maximum absolute atomic E-state index is 12.5. The van der Waals surface area contributed by atoms with Crippen molar-refractivity contribution >= 4 is 148 Å². The van der Waals surface area contributed by atoms with Crippen LogP contribution in [0.1, 0.15) is 221 Å². The second kappa shape index (κ2) is 59.6. The number of piperidine rings is 4. The molecular weight excluding hydrogens is 1950 g/mol. The Hall–Kier alpha value is -10.5. The fourth-order valence-corrected chi connectivity index (χ4v) is 14.2. The zero-order valence-corrected chi connectivity index (χ0v) is 85.3. The van der Waals surface area contributed by atoms with Crippen LogP contribution in [0.3, 0.4) is 0 Å². The van der Waals surface area contributed by atoms with Gasteiger partial charge >= 0.3 is 41.3 Å². The van der Waals surface area contributed by atoms with Crippen LogP contribution in [0, 0.1) is 24.2 Å². The number of carbonyl (C=O) groups is 11. The topological polar surface area (TPSA) is 512 Å². The minimum atomic E-state index is -0.808. The molecule has 4 aromatic heterocycles. The van der Waals surface area contributed by atoms with Crippen LogP contribution in [0.2, 0.25) is 0 Å². The molecule has 0 aliphatic carbocycles. The molecule has 5 saturated heterocycles. The van der Waals surface area contributed by atoms with Gasteiger partial charge in [0.15, 0.2) is 22.3 Å². The van der Waals surface area contributed by atoms with Gasteiger partial charge in [-0.2, -0.15) is 9.90 Å². The number of nitrogens with one attached hydrogen (secondary N) is 7. The van der Waals surface area contributed by atoms with Crippen LogP contribution in [0.5, 0.6) is 0 Å². The number of aromatic nitrogens is 4. The third-order valence-corrected chi connectivity index (χ3v) is 20.2. The van der Waals surface area contributed by atoms with E-state index in [4.69, 9.17) is 69.1 Å². The van der Waals surface area contributed by atoms with Gasteiger partial charge in [-0.05, 0) is 222 Å². The van der Waals surface area contributed by atoms with Gasteiger partial charge < -0.3 is 77.2 Å². The molecule has 5 aliphatic heterocycles. The molecule has 11 amide bonds. The number of hydrogen-bond donors (Lipinski definition) is 8. The molecule has 0 saturated carbocycles. The number of halogens is 2. The molecule has 4 aromatic carbocycles. The Bertz CT molecular complexity index is 5690. The number of amides is 11. The standard InChI is InChI=1S/C23H31N3O7.C23H27N3O7.C18H23N3O5.C12H9BrN2O4.C11H19NO3.C4H8O.C2H6.ClH.H3P.Y/c2*1-23(2,3)33-21(29)24-12-6-14-31-13-5-8-15-7-4-9-16-19(15)32-22(30)26(16)17-10-11-18(27)25-20(17)28;19-9-3-11-25-10-2-5-12-4-1-6-13-16(12)26-18(24)21(13)14-7-8-15(22)20-17(14)23;13-6-2-1-3-7-10(6)19-12(18)15(7)8-4-5-9(16)14-11(8)17;1-5-8-14-9-6-7-12-10(13)15-11(2,3)4;1-2-4-5-3-1;1-2;;;/h4,7,9,17H,5-6,8,10-14H2,1-3H3,(H,24,29)(H,25,27,28);4,7,9,17H,6,10-14H2,1-3H3,(H,24,29)(H,25,27,28);1,4,6,14H,2-3,5,7-11,19H2,(H,20,22,23);1-3,8H,4-5H2,(H,14,16,17);1H,6-9H2,2-4H3,(H,12,13);1-4H2;1-2H3;1H;1H3;/i;;;;;;1D;;;. The molecule has 43 heteroatoms. The molecule has 5 atom stereocenters. The van der Waals surface area contributed by atoms with E-state index >= 15 is 0 Å². The summed E-state index contributed by atoms with van der Waals surface area (Å²) in [6.45, 7) is 26.3. The Kier molecular flexibility index (Phi) is 50.8. The summed E-state index contributed by atoms with van der Waals surface area (Å²) in [5.74, 6) is 2.40. The molecule has 13 rings (SSSR count). The van der Waals surface area contributed by atoms with Crippen molar-refractivity contribution in [3.8, 4) is 24.2 Å². The summed E-state index contributed by atoms with van der Waals surface area (Å²) in [4.78, 5) is 177. The van der Waals surface area contributed by atoms with Crippen molar-refractivity contribution in [3.05, 3.63) is 136 Å². The van der Waals surface area contributed by atoms with E-state index in [-0.39, 0.29) is 129 Å². The summed E-state index contributed by atoms with van der Waals surface area (Å²) < 4.78 is 75.4. The van der Waals surface area contributed by atoms with E-state index in [1.807, 2.05) is 65.8 Å². The zero-order valence-electron chi connectivity index (χ0n) is 79.6. The van der Waals surface area contributed by atoms with E-state index in [0.29, 0.717) is 173 Å². The Morgan fingerprint density at radius 2 is 0.779 bits per heavy atom. The average molecular weight is 2080 g/mol. The number of terminal acetylenes is 1. The number of nitrogens with two attached hydrogens (primary N) is 1. The zero-order chi connectivity index (χ0) is 98.1. The van der Waals surface area contributed by atoms with E-state index < -0.39 is 106 Å². The van der Waals surface area contributed by atoms with Crippen molar-refractivity contribution in [1.29, 1.82) is 0 Å². The fraction of sp³-hybridized carbons (Fsp3) is 0.538. The number of carbonyl (C=O) groups excluding carboxylic acids is 11. The van der Waals surface area contributed by atoms with Gasteiger partial charge in [0.2, 0.25) is 47.3 Å². The molecule has 8 aromatic rings. The van der Waals surface area contributed by atoms with Gasteiger partial charge in [0.25, 0.3) is 0 Å². The molecule has 1 radical (unpaired) electrons. The van der Waals surface area contributed by atoms with Crippen LogP contribution in [0.15, 0.2) is 114 Å². The van der Waals surface area contributed by atoms with E-state index in [2.05, 4.69) is 70.9 Å². The third kappa shape index (κ3) is 38.5. The van der Waals surface area contributed by atoms with Gasteiger partial charge in [0.1, 0.15) is 54.2 Å². The first-order valence-electron chi connectivity index (χ1n) is 44.8. The van der Waals surface area contributed by atoms with E-state index in [9.17, 15) is 71.9 Å². The molecule has 39 nitrogen and oxygen atoms in total. The number of alkyl carbamates (subject to hydrolysis) is 3. The quantitative estimate of drug-likeness (QED) is 0.00710. The van der Waals surface area contributed by atoms with Crippen molar-refractivity contribution in [2.45, 2.75) is 233 Å². The molecule has 5 unspecified atom stereocenters. The van der Waals surface area contributed by atoms with E-state index in [1.54, 1.807) is 76.2 Å². The van der Waals surface area contributed by atoms with Crippen molar-refractivity contribution < 1.29 is 142 Å². The largest absolute Gasteiger partial charge is 0.444 e. The van der Waals surface area contributed by atoms with Crippen molar-refractivity contribution in [2.75, 3.05) is 92.2 Å². The molecular formula is C93H127BrClN12O27PY. The van der Waals surface area contributed by atoms with Crippen LogP contribution in [-0.4, -0.2) is 193 Å². The molecule has 0 bridgehead atoms. The van der Waals surface area contributed by atoms with Crippen LogP contribution < -0.4 is 66.0 Å². The minimum absolute atomic E-state index is 0. The van der Waals surface area contributed by atoms with Crippen molar-refractivity contribution in [2.24, 2.45) is 5.73 Å². The Labute approximate surface area is 831 Å². The molecule has 743 valence electrons. The SMILES string of the molecule is C#CCOCCCNC(=O)OC(C)(C)C.C1CCOC1.CC(C)(C)OC(=O)NCCCOCC#Cc1cccc2c1oc(=O)n2C1CCC(=O)NC1=O.CC(C)(C)OC(=O)NCCCOCCCc1cccc2c1oc(=O)n2C1CCC(=O)NC1=O.Cl.NCCCOCCCc1cccc2c1oc(=O)n2C1CCC(=O)NC1=O.O=C1CCC(n2c(=O)oc3c(Br)cccc32)C(=O)N1.P.[2H]CC.[Y]. The first kappa shape index (κ1) is 116. The van der Waals surface area contributed by atoms with Gasteiger partial charge in [-0.25, -0.2) is 33.6 Å². The van der Waals surface area contributed by atoms with Crippen molar-refractivity contribution in [3.63, 3.8) is 0 Å². The Morgan fingerprint density at radius 1 is 0.471 bits per heavy atom. The number of ether oxygens (including phenoxy) is 8. The third-order valence-electron chi connectivity index (χ3n) is 19.5. The molecule has 136 heavy (non-hydrogen) atoms. The van der Waals surface area contributed by atoms with Crippen molar-refractivity contribution in [1.82, 2.24) is 55.5 Å². The number of para-hydroxylation sites is 4. The number of fused-ring (bicyclic) bond motifs is 4. The number of imide groups is 4. The van der Waals surface area contributed by atoms with Gasteiger partial charge in [0, 0.05) is 132 Å². The first-order valence-corrected chi connectivity index (χ1v) is 44.9. The average Bonchev–Trinajstić information content (AvgIpc) is 1.71. The summed E-state index contributed by atoms with van der Waals surface area (Å²) >= 11 is 3.29. The second-order valence-electron chi connectivity index (χ2n) is 33.4. The van der Waals surface area contributed by atoms with Crippen LogP contribution in [0.25, 0.3) is 44.4 Å². The maximum Gasteiger partial charge on any atom is 0.420 e. The van der Waals surface area contributed by atoms with Crippen LogP contribution in [-0.2, 0) is 122 Å². The summed E-state index contributed by atoms with van der Waals surface area (Å²) in [7, 11) is 0. The summed E-state index contributed by atoms with van der Waals surface area (Å²) in [5.41, 5.74) is 9.86. The normalized spacial score (nSPS) is 16.3. The Morgan fingerprint density at radius 3 is 1.12 bits per heavy atom. The number of benzene rings is 4. The molecule has 5 fully saturated rings. The predicted octanol–water partition coefficient (Wildman–Crippen LogP) is 10.3. The number of rotatable bonds is 29. The summed E-state index contributed by atoms with van der Waals surface area (Å²) in [5, 5.41) is 17.0. The van der Waals surface area contributed by atoms with E-state index in [0.717, 1.165) is 43.6 Å². The smallest absolute Gasteiger partial charge is 0.420 e. The van der Waals surface area contributed by atoms with Gasteiger partial charge in [-0.15, -0.1) is 18.8 Å². The number of oxazole rings is 4.